The maximum absolute atomic E-state index is 10.5. The Hall–Kier alpha value is -0.710. The molecule has 1 rings (SSSR count). The van der Waals surface area contributed by atoms with E-state index in [1.54, 1.807) is 0 Å². The van der Waals surface area contributed by atoms with Crippen LogP contribution >= 0.6 is 11.8 Å². The molecular weight excluding hydrogens is 186 g/mol. The number of carbonyl (C=O) groups is 1. The van der Waals surface area contributed by atoms with Crippen LogP contribution in [-0.4, -0.2) is 29.9 Å². The molecule has 3 N–H and O–H groups in total. The summed E-state index contributed by atoms with van der Waals surface area (Å²) < 4.78 is 0. The van der Waals surface area contributed by atoms with Gasteiger partial charge in [0.2, 0.25) is 5.91 Å². The van der Waals surface area contributed by atoms with Gasteiger partial charge in [0.1, 0.15) is 0 Å². The highest BCUT2D eigenvalue weighted by atomic mass is 32.2. The molecule has 0 saturated heterocycles. The number of aliphatic imine (C=N–C) groups is 1. The molecule has 1 aliphatic heterocycles. The van der Waals surface area contributed by atoms with Crippen molar-refractivity contribution in [2.24, 2.45) is 16.1 Å². The fraction of sp³-hybridized carbons (Fsp3) is 0.750. The molecule has 0 fully saturated rings. The van der Waals surface area contributed by atoms with E-state index in [1.165, 1.54) is 11.8 Å². The quantitative estimate of drug-likeness (QED) is 0.670. The molecule has 0 spiro atoms. The van der Waals surface area contributed by atoms with E-state index in [1.807, 2.05) is 0 Å². The second kappa shape index (κ2) is 4.00. The number of rotatable bonds is 2. The first-order valence-electron chi connectivity index (χ1n) is 4.19. The predicted octanol–water partition coefficient (Wildman–Crippen LogP) is 0.190. The number of amidine groups is 1. The number of hydrogen-bond donors (Lipinski definition) is 2. The Morgan fingerprint density at radius 1 is 1.77 bits per heavy atom. The summed E-state index contributed by atoms with van der Waals surface area (Å²) in [5, 5.41) is 4.00. The summed E-state index contributed by atoms with van der Waals surface area (Å²) in [6.07, 6.45) is 0. The number of thioether (sulfide) groups is 1. The third kappa shape index (κ3) is 3.67. The van der Waals surface area contributed by atoms with E-state index in [0.717, 1.165) is 18.3 Å². The Balaban J connectivity index is 2.38. The van der Waals surface area contributed by atoms with E-state index in [9.17, 15) is 4.79 Å². The van der Waals surface area contributed by atoms with Crippen molar-refractivity contribution in [3.8, 4) is 0 Å². The van der Waals surface area contributed by atoms with Gasteiger partial charge in [-0.2, -0.15) is 0 Å². The van der Waals surface area contributed by atoms with Crippen molar-refractivity contribution in [3.05, 3.63) is 0 Å². The lowest BCUT2D eigenvalue weighted by Crippen LogP contribution is -2.40. The SMILES string of the molecule is CC1(C)CN=C(SCC(N)=O)NC1. The van der Waals surface area contributed by atoms with Crippen LogP contribution in [0.4, 0.5) is 0 Å². The molecule has 0 aromatic carbocycles. The second-order valence-electron chi connectivity index (χ2n) is 3.89. The van der Waals surface area contributed by atoms with Crippen LogP contribution < -0.4 is 11.1 Å². The summed E-state index contributed by atoms with van der Waals surface area (Å²) in [7, 11) is 0. The summed E-state index contributed by atoms with van der Waals surface area (Å²) >= 11 is 1.37. The van der Waals surface area contributed by atoms with Gasteiger partial charge in [0.25, 0.3) is 0 Å². The molecule has 0 unspecified atom stereocenters. The third-order valence-corrected chi connectivity index (χ3v) is 2.70. The Bertz CT molecular complexity index is 238. The zero-order valence-corrected chi connectivity index (χ0v) is 8.78. The van der Waals surface area contributed by atoms with Crippen molar-refractivity contribution in [1.82, 2.24) is 5.32 Å². The van der Waals surface area contributed by atoms with E-state index in [-0.39, 0.29) is 11.3 Å². The lowest BCUT2D eigenvalue weighted by Gasteiger charge is -2.28. The lowest BCUT2D eigenvalue weighted by atomic mass is 9.93. The molecule has 5 heteroatoms. The first-order valence-corrected chi connectivity index (χ1v) is 5.18. The van der Waals surface area contributed by atoms with Crippen LogP contribution in [0.2, 0.25) is 0 Å². The fourth-order valence-electron chi connectivity index (χ4n) is 0.949. The van der Waals surface area contributed by atoms with Crippen molar-refractivity contribution in [2.75, 3.05) is 18.8 Å². The van der Waals surface area contributed by atoms with Crippen molar-refractivity contribution in [1.29, 1.82) is 0 Å². The molecule has 0 aliphatic carbocycles. The smallest absolute Gasteiger partial charge is 0.227 e. The van der Waals surface area contributed by atoms with Gasteiger partial charge >= 0.3 is 0 Å². The first-order chi connectivity index (χ1) is 5.99. The number of nitrogens with two attached hydrogens (primary N) is 1. The Kier molecular flexibility index (Phi) is 3.19. The number of nitrogens with one attached hydrogen (secondary N) is 1. The molecule has 1 aliphatic rings. The van der Waals surface area contributed by atoms with Crippen LogP contribution in [0.15, 0.2) is 4.99 Å². The van der Waals surface area contributed by atoms with E-state index in [2.05, 4.69) is 24.2 Å². The lowest BCUT2D eigenvalue weighted by molar-refractivity contribution is -0.115. The van der Waals surface area contributed by atoms with Gasteiger partial charge in [-0.3, -0.25) is 9.79 Å². The van der Waals surface area contributed by atoms with Crippen molar-refractivity contribution in [2.45, 2.75) is 13.8 Å². The van der Waals surface area contributed by atoms with Crippen molar-refractivity contribution >= 4 is 22.8 Å². The van der Waals surface area contributed by atoms with Gasteiger partial charge in [-0.05, 0) is 0 Å². The molecule has 0 saturated carbocycles. The van der Waals surface area contributed by atoms with Crippen molar-refractivity contribution < 1.29 is 4.79 Å². The predicted molar refractivity (Wildman–Crippen MR) is 55.7 cm³/mol. The van der Waals surface area contributed by atoms with Crippen LogP contribution in [0, 0.1) is 5.41 Å². The summed E-state index contributed by atoms with van der Waals surface area (Å²) in [5.74, 6) is -0.00829. The zero-order valence-electron chi connectivity index (χ0n) is 7.96. The highest BCUT2D eigenvalue weighted by Crippen LogP contribution is 2.19. The van der Waals surface area contributed by atoms with Gasteiger partial charge in [0.15, 0.2) is 5.17 Å². The molecule has 0 aromatic rings. The minimum absolute atomic E-state index is 0.219. The van der Waals surface area contributed by atoms with Gasteiger partial charge in [-0.15, -0.1) is 0 Å². The zero-order chi connectivity index (χ0) is 9.90. The monoisotopic (exact) mass is 201 g/mol. The highest BCUT2D eigenvalue weighted by Gasteiger charge is 2.22. The van der Waals surface area contributed by atoms with Gasteiger partial charge in [0.05, 0.1) is 5.75 Å². The van der Waals surface area contributed by atoms with E-state index >= 15 is 0 Å². The average Bonchev–Trinajstić information content (AvgIpc) is 2.02. The molecule has 0 bridgehead atoms. The number of amides is 1. The van der Waals surface area contributed by atoms with Crippen LogP contribution in [-0.2, 0) is 4.79 Å². The minimum atomic E-state index is -0.306. The number of nitrogens with zero attached hydrogens (tertiary/aromatic N) is 1. The Labute approximate surface area is 82.4 Å². The van der Waals surface area contributed by atoms with Gasteiger partial charge in [0, 0.05) is 18.5 Å². The van der Waals surface area contributed by atoms with Crippen LogP contribution in [0.25, 0.3) is 0 Å². The first kappa shape index (κ1) is 10.4. The maximum Gasteiger partial charge on any atom is 0.227 e. The normalized spacial score (nSPS) is 20.3. The number of primary amides is 1. The summed E-state index contributed by atoms with van der Waals surface area (Å²) in [5.41, 5.74) is 5.24. The minimum Gasteiger partial charge on any atom is -0.369 e. The van der Waals surface area contributed by atoms with Gasteiger partial charge in [-0.1, -0.05) is 25.6 Å². The van der Waals surface area contributed by atoms with Crippen LogP contribution in [0.3, 0.4) is 0 Å². The standard InChI is InChI=1S/C8H15N3OS/c1-8(2)4-10-7(11-5-8)13-3-6(9)12/h3-5H2,1-2H3,(H2,9,12)(H,10,11). The molecule has 74 valence electrons. The number of hydrogen-bond acceptors (Lipinski definition) is 4. The highest BCUT2D eigenvalue weighted by molar-refractivity contribution is 8.14. The molecule has 4 nitrogen and oxygen atoms in total. The molecule has 1 amide bonds. The molecule has 13 heavy (non-hydrogen) atoms. The van der Waals surface area contributed by atoms with E-state index < -0.39 is 0 Å². The molecule has 0 atom stereocenters. The Morgan fingerprint density at radius 2 is 2.46 bits per heavy atom. The summed E-state index contributed by atoms with van der Waals surface area (Å²) in [4.78, 5) is 14.8. The topological polar surface area (TPSA) is 67.5 Å². The Morgan fingerprint density at radius 3 is 2.92 bits per heavy atom. The molecular formula is C8H15N3OS. The molecule has 0 radical (unpaired) electrons. The van der Waals surface area contributed by atoms with E-state index in [4.69, 9.17) is 5.73 Å². The van der Waals surface area contributed by atoms with Crippen LogP contribution in [0.1, 0.15) is 13.8 Å². The van der Waals surface area contributed by atoms with Gasteiger partial charge in [-0.25, -0.2) is 0 Å². The van der Waals surface area contributed by atoms with Crippen LogP contribution in [0.5, 0.6) is 0 Å². The summed E-state index contributed by atoms with van der Waals surface area (Å²) in [6.45, 7) is 6.01. The molecule has 1 heterocycles. The fourth-order valence-corrected chi connectivity index (χ4v) is 1.56. The average molecular weight is 201 g/mol. The number of carbonyl (C=O) groups excluding carboxylic acids is 1. The van der Waals surface area contributed by atoms with Crippen molar-refractivity contribution in [3.63, 3.8) is 0 Å². The second-order valence-corrected chi connectivity index (χ2v) is 4.86. The third-order valence-electron chi connectivity index (χ3n) is 1.72. The van der Waals surface area contributed by atoms with Gasteiger partial charge < -0.3 is 11.1 Å². The molecule has 0 aromatic heterocycles. The largest absolute Gasteiger partial charge is 0.369 e. The van der Waals surface area contributed by atoms with E-state index in [0.29, 0.717) is 5.75 Å². The maximum atomic E-state index is 10.5. The summed E-state index contributed by atoms with van der Waals surface area (Å²) in [6, 6.07) is 0.